The molecule has 0 spiro atoms. The van der Waals surface area contributed by atoms with Crippen molar-refractivity contribution in [3.63, 3.8) is 0 Å². The predicted molar refractivity (Wildman–Crippen MR) is 170 cm³/mol. The first kappa shape index (κ1) is 32.1. The summed E-state index contributed by atoms with van der Waals surface area (Å²) in [6.07, 6.45) is 5.94. The first-order valence-corrected chi connectivity index (χ1v) is 16.8. The third kappa shape index (κ3) is 8.83. The van der Waals surface area contributed by atoms with Crippen LogP contribution in [0, 0.1) is 6.92 Å². The Morgan fingerprint density at radius 3 is 2.28 bits per heavy atom. The van der Waals surface area contributed by atoms with Gasteiger partial charge in [-0.25, -0.2) is 8.42 Å². The number of hydrogen-bond donors (Lipinski definition) is 1. The average Bonchev–Trinajstić information content (AvgIpc) is 3.51. The summed E-state index contributed by atoms with van der Waals surface area (Å²) in [5.41, 5.74) is 3.40. The lowest BCUT2D eigenvalue weighted by Crippen LogP contribution is -2.52. The van der Waals surface area contributed by atoms with Crippen molar-refractivity contribution in [3.05, 3.63) is 95.6 Å². The maximum absolute atomic E-state index is 14.1. The van der Waals surface area contributed by atoms with E-state index >= 15 is 0 Å². The van der Waals surface area contributed by atoms with E-state index in [0.717, 1.165) is 48.6 Å². The third-order valence-electron chi connectivity index (χ3n) is 8.08. The second-order valence-electron chi connectivity index (χ2n) is 11.3. The molecule has 1 saturated carbocycles. The van der Waals surface area contributed by atoms with Crippen molar-refractivity contribution >= 4 is 27.5 Å². The number of aryl methyl sites for hydroxylation is 1. The van der Waals surface area contributed by atoms with E-state index in [1.807, 2.05) is 61.5 Å². The number of carbonyl (C=O) groups is 2. The quantitative estimate of drug-likeness (QED) is 0.271. The summed E-state index contributed by atoms with van der Waals surface area (Å²) >= 11 is 0. The molecule has 2 amide bonds. The smallest absolute Gasteiger partial charge is 0.243 e. The number of amides is 2. The second kappa shape index (κ2) is 15.0. The monoisotopic (exact) mass is 605 g/mol. The molecular formula is C34H43N3O5S. The molecule has 3 aromatic carbocycles. The molecule has 9 heteroatoms. The molecule has 1 aliphatic rings. The predicted octanol–water partition coefficient (Wildman–Crippen LogP) is 5.25. The van der Waals surface area contributed by atoms with Gasteiger partial charge in [-0.1, -0.05) is 79.6 Å². The van der Waals surface area contributed by atoms with Crippen LogP contribution in [-0.2, 0) is 32.6 Å². The number of nitrogens with one attached hydrogen (secondary N) is 1. The van der Waals surface area contributed by atoms with Gasteiger partial charge in [0.05, 0.1) is 19.1 Å². The molecule has 0 aliphatic heterocycles. The molecule has 0 aromatic heterocycles. The van der Waals surface area contributed by atoms with Crippen LogP contribution in [0.3, 0.4) is 0 Å². The molecule has 4 rings (SSSR count). The van der Waals surface area contributed by atoms with Crippen LogP contribution >= 0.6 is 0 Å². The normalized spacial score (nSPS) is 14.2. The number of carbonyl (C=O) groups excluding carboxylic acids is 2. The standard InChI is InChI=1S/C34H43N3O5S/c1-26-14-7-8-17-28(26)25-36(31(24-27-15-5-4-6-16-27)34(39)35-29-18-9-10-19-29)33(38)22-13-23-37(43(3,40)41)30-20-11-12-21-32(30)42-2/h4-8,11-12,14-17,20-21,29,31H,9-10,13,18-19,22-25H2,1-3H3,(H,35,39). The Bertz CT molecular complexity index is 1470. The summed E-state index contributed by atoms with van der Waals surface area (Å²) < 4.78 is 32.2. The third-order valence-corrected chi connectivity index (χ3v) is 9.26. The van der Waals surface area contributed by atoms with E-state index in [1.54, 1.807) is 29.2 Å². The minimum atomic E-state index is -3.64. The number of methoxy groups -OCH3 is 1. The van der Waals surface area contributed by atoms with Gasteiger partial charge >= 0.3 is 0 Å². The summed E-state index contributed by atoms with van der Waals surface area (Å²) in [4.78, 5) is 29.7. The maximum atomic E-state index is 14.1. The van der Waals surface area contributed by atoms with Crippen molar-refractivity contribution in [1.29, 1.82) is 0 Å². The lowest BCUT2D eigenvalue weighted by atomic mass is 10.0. The van der Waals surface area contributed by atoms with Gasteiger partial charge in [-0.05, 0) is 55.0 Å². The van der Waals surface area contributed by atoms with Crippen LogP contribution in [0.1, 0.15) is 55.2 Å². The van der Waals surface area contributed by atoms with E-state index in [4.69, 9.17) is 4.74 Å². The van der Waals surface area contributed by atoms with Crippen LogP contribution in [0.2, 0.25) is 0 Å². The highest BCUT2D eigenvalue weighted by molar-refractivity contribution is 7.92. The summed E-state index contributed by atoms with van der Waals surface area (Å²) in [5, 5.41) is 3.23. The zero-order chi connectivity index (χ0) is 30.8. The van der Waals surface area contributed by atoms with E-state index in [-0.39, 0.29) is 43.8 Å². The molecule has 0 radical (unpaired) electrons. The Balaban J connectivity index is 1.60. The molecule has 0 heterocycles. The molecular weight excluding hydrogens is 562 g/mol. The fraction of sp³-hybridized carbons (Fsp3) is 0.412. The van der Waals surface area contributed by atoms with Crippen LogP contribution in [0.5, 0.6) is 5.75 Å². The zero-order valence-corrected chi connectivity index (χ0v) is 26.2. The van der Waals surface area contributed by atoms with Gasteiger partial charge in [0.15, 0.2) is 0 Å². The number of sulfonamides is 1. The van der Waals surface area contributed by atoms with Gasteiger partial charge in [0.2, 0.25) is 21.8 Å². The fourth-order valence-electron chi connectivity index (χ4n) is 5.71. The van der Waals surface area contributed by atoms with Crippen molar-refractivity contribution in [2.45, 2.75) is 70.5 Å². The Hall–Kier alpha value is -3.85. The lowest BCUT2D eigenvalue weighted by molar-refractivity contribution is -0.141. The molecule has 3 aromatic rings. The van der Waals surface area contributed by atoms with Gasteiger partial charge in [-0.3, -0.25) is 13.9 Å². The molecule has 230 valence electrons. The maximum Gasteiger partial charge on any atom is 0.243 e. The molecule has 0 saturated heterocycles. The highest BCUT2D eigenvalue weighted by Gasteiger charge is 2.32. The van der Waals surface area contributed by atoms with Gasteiger partial charge in [-0.15, -0.1) is 0 Å². The van der Waals surface area contributed by atoms with Crippen molar-refractivity contribution in [2.75, 3.05) is 24.2 Å². The Labute approximate surface area is 256 Å². The van der Waals surface area contributed by atoms with Gasteiger partial charge in [0.1, 0.15) is 11.8 Å². The van der Waals surface area contributed by atoms with Crippen LogP contribution < -0.4 is 14.4 Å². The van der Waals surface area contributed by atoms with E-state index in [0.29, 0.717) is 17.9 Å². The topological polar surface area (TPSA) is 96.0 Å². The molecule has 1 fully saturated rings. The largest absolute Gasteiger partial charge is 0.495 e. The molecule has 1 unspecified atom stereocenters. The first-order valence-electron chi connectivity index (χ1n) is 15.0. The number of benzene rings is 3. The number of para-hydroxylation sites is 2. The highest BCUT2D eigenvalue weighted by Crippen LogP contribution is 2.30. The van der Waals surface area contributed by atoms with Gasteiger partial charge < -0.3 is 15.0 Å². The lowest BCUT2D eigenvalue weighted by Gasteiger charge is -2.33. The van der Waals surface area contributed by atoms with Crippen molar-refractivity contribution in [1.82, 2.24) is 10.2 Å². The first-order chi connectivity index (χ1) is 20.7. The van der Waals surface area contributed by atoms with Crippen LogP contribution in [0.15, 0.2) is 78.9 Å². The zero-order valence-electron chi connectivity index (χ0n) is 25.4. The second-order valence-corrected chi connectivity index (χ2v) is 13.2. The van der Waals surface area contributed by atoms with E-state index < -0.39 is 16.1 Å². The van der Waals surface area contributed by atoms with E-state index in [1.165, 1.54) is 11.4 Å². The summed E-state index contributed by atoms with van der Waals surface area (Å²) in [7, 11) is -2.15. The fourth-order valence-corrected chi connectivity index (χ4v) is 6.68. The Morgan fingerprint density at radius 1 is 0.953 bits per heavy atom. The summed E-state index contributed by atoms with van der Waals surface area (Å²) in [6.45, 7) is 2.38. The van der Waals surface area contributed by atoms with Crippen LogP contribution in [-0.4, -0.2) is 57.1 Å². The molecule has 0 bridgehead atoms. The minimum absolute atomic E-state index is 0.0784. The molecule has 1 N–H and O–H groups in total. The van der Waals surface area contributed by atoms with Crippen LogP contribution in [0.4, 0.5) is 5.69 Å². The molecule has 1 aliphatic carbocycles. The number of ether oxygens (including phenoxy) is 1. The van der Waals surface area contributed by atoms with Gasteiger partial charge in [0.25, 0.3) is 0 Å². The minimum Gasteiger partial charge on any atom is -0.495 e. The number of rotatable bonds is 14. The molecule has 43 heavy (non-hydrogen) atoms. The summed E-state index contributed by atoms with van der Waals surface area (Å²) in [5.74, 6) is 0.0932. The van der Waals surface area contributed by atoms with Crippen molar-refractivity contribution < 1.29 is 22.7 Å². The van der Waals surface area contributed by atoms with Crippen LogP contribution in [0.25, 0.3) is 0 Å². The van der Waals surface area contributed by atoms with Crippen molar-refractivity contribution in [2.24, 2.45) is 0 Å². The Morgan fingerprint density at radius 2 is 1.60 bits per heavy atom. The summed E-state index contributed by atoms with van der Waals surface area (Å²) in [6, 6.07) is 24.0. The highest BCUT2D eigenvalue weighted by atomic mass is 32.2. The SMILES string of the molecule is COc1ccccc1N(CCCC(=O)N(Cc1ccccc1C)C(Cc1ccccc1)C(=O)NC1CCCC1)S(C)(=O)=O. The average molecular weight is 606 g/mol. The molecule has 1 atom stereocenters. The van der Waals surface area contributed by atoms with E-state index in [9.17, 15) is 18.0 Å². The number of anilines is 1. The number of nitrogens with zero attached hydrogens (tertiary/aromatic N) is 2. The number of hydrogen-bond acceptors (Lipinski definition) is 5. The van der Waals surface area contributed by atoms with Gasteiger partial charge in [0, 0.05) is 32.0 Å². The van der Waals surface area contributed by atoms with E-state index in [2.05, 4.69) is 5.32 Å². The Kier molecular flexibility index (Phi) is 11.2. The van der Waals surface area contributed by atoms with Gasteiger partial charge in [-0.2, -0.15) is 0 Å². The molecule has 8 nitrogen and oxygen atoms in total. The van der Waals surface area contributed by atoms with Crippen molar-refractivity contribution in [3.8, 4) is 5.75 Å².